The number of hydrogen-bond acceptors (Lipinski definition) is 4. The summed E-state index contributed by atoms with van der Waals surface area (Å²) in [5, 5.41) is 3.79. The van der Waals surface area contributed by atoms with Crippen LogP contribution < -0.4 is 5.32 Å². The number of aryl methyl sites for hydroxylation is 1. The van der Waals surface area contributed by atoms with E-state index >= 15 is 0 Å². The molecule has 3 rings (SSSR count). The van der Waals surface area contributed by atoms with Crippen LogP contribution in [0.15, 0.2) is 47.1 Å². The summed E-state index contributed by atoms with van der Waals surface area (Å²) < 4.78 is 11.0. The number of rotatable bonds is 8. The third-order valence-corrected chi connectivity index (χ3v) is 4.84. The summed E-state index contributed by atoms with van der Waals surface area (Å²) in [5.74, 6) is 0.947. The quantitative estimate of drug-likeness (QED) is 0.766. The second-order valence-electron chi connectivity index (χ2n) is 6.47. The van der Waals surface area contributed by atoms with Crippen LogP contribution in [-0.4, -0.2) is 43.7 Å². The molecule has 1 amide bonds. The van der Waals surface area contributed by atoms with Crippen LogP contribution in [-0.2, 0) is 16.0 Å². The average molecular weight is 377 g/mol. The molecule has 0 bridgehead atoms. The Balaban J connectivity index is 1.46. The minimum absolute atomic E-state index is 0.0470. The van der Waals surface area contributed by atoms with E-state index in [0.717, 1.165) is 42.3 Å². The molecule has 1 atom stereocenters. The first-order chi connectivity index (χ1) is 12.7. The fraction of sp³-hybridized carbons (Fsp3) is 0.450. The Bertz CT molecular complexity index is 684. The third-order valence-electron chi connectivity index (χ3n) is 4.61. The van der Waals surface area contributed by atoms with E-state index in [1.165, 1.54) is 0 Å². The Morgan fingerprint density at radius 3 is 2.81 bits per heavy atom. The van der Waals surface area contributed by atoms with Crippen LogP contribution >= 0.6 is 11.6 Å². The molecule has 2 aromatic rings. The molecule has 0 aliphatic carbocycles. The second-order valence-corrected chi connectivity index (χ2v) is 6.90. The molecule has 1 N–H and O–H groups in total. The normalized spacial score (nSPS) is 16.3. The molecule has 0 spiro atoms. The van der Waals surface area contributed by atoms with Gasteiger partial charge in [-0.05, 0) is 42.7 Å². The number of halogens is 1. The van der Waals surface area contributed by atoms with Crippen LogP contribution in [0.3, 0.4) is 0 Å². The zero-order valence-electron chi connectivity index (χ0n) is 14.8. The minimum Gasteiger partial charge on any atom is -0.468 e. The van der Waals surface area contributed by atoms with Gasteiger partial charge in [0.25, 0.3) is 0 Å². The van der Waals surface area contributed by atoms with E-state index in [4.69, 9.17) is 20.8 Å². The van der Waals surface area contributed by atoms with Gasteiger partial charge in [0.1, 0.15) is 5.76 Å². The molecule has 1 unspecified atom stereocenters. The largest absolute Gasteiger partial charge is 0.468 e. The fourth-order valence-corrected chi connectivity index (χ4v) is 3.44. The van der Waals surface area contributed by atoms with Crippen molar-refractivity contribution in [2.24, 2.45) is 0 Å². The van der Waals surface area contributed by atoms with E-state index < -0.39 is 0 Å². The maximum atomic E-state index is 12.2. The summed E-state index contributed by atoms with van der Waals surface area (Å²) >= 11 is 5.99. The molecule has 1 aromatic carbocycles. The van der Waals surface area contributed by atoms with Gasteiger partial charge in [0.15, 0.2) is 0 Å². The second kappa shape index (κ2) is 9.76. The summed E-state index contributed by atoms with van der Waals surface area (Å²) in [6.45, 7) is 3.66. The molecule has 26 heavy (non-hydrogen) atoms. The van der Waals surface area contributed by atoms with E-state index in [1.54, 1.807) is 6.26 Å². The van der Waals surface area contributed by atoms with Crippen molar-refractivity contribution in [2.45, 2.75) is 25.3 Å². The highest BCUT2D eigenvalue weighted by molar-refractivity contribution is 6.30. The van der Waals surface area contributed by atoms with Gasteiger partial charge in [0, 0.05) is 31.1 Å². The summed E-state index contributed by atoms with van der Waals surface area (Å²) in [6.07, 6.45) is 3.82. The number of carbonyl (C=O) groups excluding carboxylic acids is 1. The highest BCUT2D eigenvalue weighted by Gasteiger charge is 2.25. The van der Waals surface area contributed by atoms with Gasteiger partial charge in [0.2, 0.25) is 5.91 Å². The SMILES string of the molecule is O=C(CCCc1cccc(Cl)c1)NCC(c1ccco1)N1CCOCC1. The first kappa shape index (κ1) is 19.0. The van der Waals surface area contributed by atoms with Crippen molar-refractivity contribution < 1.29 is 13.9 Å². The van der Waals surface area contributed by atoms with Crippen molar-refractivity contribution in [1.29, 1.82) is 0 Å². The van der Waals surface area contributed by atoms with Crippen molar-refractivity contribution >= 4 is 17.5 Å². The summed E-state index contributed by atoms with van der Waals surface area (Å²) in [7, 11) is 0. The first-order valence-electron chi connectivity index (χ1n) is 9.09. The third kappa shape index (κ3) is 5.59. The minimum atomic E-state index is 0.0470. The van der Waals surface area contributed by atoms with Crippen molar-refractivity contribution in [3.63, 3.8) is 0 Å². The van der Waals surface area contributed by atoms with Gasteiger partial charge < -0.3 is 14.5 Å². The molecule has 2 heterocycles. The summed E-state index contributed by atoms with van der Waals surface area (Å²) in [5.41, 5.74) is 1.16. The van der Waals surface area contributed by atoms with Crippen LogP contribution in [0.25, 0.3) is 0 Å². The molecule has 0 saturated carbocycles. The number of amides is 1. The predicted molar refractivity (Wildman–Crippen MR) is 101 cm³/mol. The van der Waals surface area contributed by atoms with Crippen molar-refractivity contribution in [3.8, 4) is 0 Å². The molecular weight excluding hydrogens is 352 g/mol. The number of morpholine rings is 1. The molecular formula is C20H25ClN2O3. The van der Waals surface area contributed by atoms with Crippen molar-refractivity contribution in [3.05, 3.63) is 59.0 Å². The van der Waals surface area contributed by atoms with Crippen LogP contribution in [0, 0.1) is 0 Å². The highest BCUT2D eigenvalue weighted by Crippen LogP contribution is 2.21. The molecule has 140 valence electrons. The fourth-order valence-electron chi connectivity index (χ4n) is 3.22. The number of carbonyl (C=O) groups is 1. The molecule has 1 aliphatic rings. The maximum Gasteiger partial charge on any atom is 0.220 e. The predicted octanol–water partition coefficient (Wildman–Crippen LogP) is 3.45. The molecule has 5 nitrogen and oxygen atoms in total. The number of nitrogens with zero attached hydrogens (tertiary/aromatic N) is 1. The van der Waals surface area contributed by atoms with Gasteiger partial charge in [-0.25, -0.2) is 0 Å². The lowest BCUT2D eigenvalue weighted by atomic mass is 10.1. The lowest BCUT2D eigenvalue weighted by molar-refractivity contribution is -0.121. The number of furan rings is 1. The zero-order chi connectivity index (χ0) is 18.2. The van der Waals surface area contributed by atoms with Gasteiger partial charge >= 0.3 is 0 Å². The Morgan fingerprint density at radius 1 is 1.23 bits per heavy atom. The van der Waals surface area contributed by atoms with Gasteiger partial charge in [-0.1, -0.05) is 23.7 Å². The zero-order valence-corrected chi connectivity index (χ0v) is 15.6. The van der Waals surface area contributed by atoms with Gasteiger partial charge in [-0.2, -0.15) is 0 Å². The molecule has 1 aromatic heterocycles. The van der Waals surface area contributed by atoms with Crippen molar-refractivity contribution in [2.75, 3.05) is 32.8 Å². The van der Waals surface area contributed by atoms with Crippen LogP contribution in [0.1, 0.15) is 30.2 Å². The van der Waals surface area contributed by atoms with E-state index in [0.29, 0.717) is 26.2 Å². The Kier molecular flexibility index (Phi) is 7.12. The maximum absolute atomic E-state index is 12.2. The molecule has 6 heteroatoms. The van der Waals surface area contributed by atoms with E-state index in [9.17, 15) is 4.79 Å². The topological polar surface area (TPSA) is 54.7 Å². The Hall–Kier alpha value is -1.82. The smallest absolute Gasteiger partial charge is 0.220 e. The number of nitrogens with one attached hydrogen (secondary N) is 1. The lowest BCUT2D eigenvalue weighted by Crippen LogP contribution is -2.43. The molecule has 1 aliphatic heterocycles. The number of hydrogen-bond donors (Lipinski definition) is 1. The molecule has 1 saturated heterocycles. The Labute approximate surface area is 159 Å². The number of ether oxygens (including phenoxy) is 1. The highest BCUT2D eigenvalue weighted by atomic mass is 35.5. The van der Waals surface area contributed by atoms with Gasteiger partial charge in [-0.15, -0.1) is 0 Å². The number of benzene rings is 1. The Morgan fingerprint density at radius 2 is 2.08 bits per heavy atom. The average Bonchev–Trinajstić information content (AvgIpc) is 3.17. The van der Waals surface area contributed by atoms with E-state index in [2.05, 4.69) is 10.2 Å². The van der Waals surface area contributed by atoms with Crippen LogP contribution in [0.4, 0.5) is 0 Å². The van der Waals surface area contributed by atoms with Gasteiger partial charge in [0.05, 0.1) is 25.5 Å². The van der Waals surface area contributed by atoms with E-state index in [-0.39, 0.29) is 11.9 Å². The van der Waals surface area contributed by atoms with Gasteiger partial charge in [-0.3, -0.25) is 9.69 Å². The first-order valence-corrected chi connectivity index (χ1v) is 9.46. The monoisotopic (exact) mass is 376 g/mol. The molecule has 1 fully saturated rings. The summed E-state index contributed by atoms with van der Waals surface area (Å²) in [4.78, 5) is 14.5. The lowest BCUT2D eigenvalue weighted by Gasteiger charge is -2.33. The van der Waals surface area contributed by atoms with Crippen LogP contribution in [0.5, 0.6) is 0 Å². The molecule has 0 radical (unpaired) electrons. The van der Waals surface area contributed by atoms with E-state index in [1.807, 2.05) is 36.4 Å². The standard InChI is InChI=1S/C20H25ClN2O3/c21-17-6-1-4-16(14-17)5-2-8-20(24)22-15-18(19-7-3-11-26-19)23-9-12-25-13-10-23/h1,3-4,6-7,11,14,18H,2,5,8-10,12-13,15H2,(H,22,24). The van der Waals surface area contributed by atoms with Crippen molar-refractivity contribution in [1.82, 2.24) is 10.2 Å². The van der Waals surface area contributed by atoms with Crippen LogP contribution in [0.2, 0.25) is 5.02 Å². The summed E-state index contributed by atoms with van der Waals surface area (Å²) in [6, 6.07) is 11.7.